The summed E-state index contributed by atoms with van der Waals surface area (Å²) in [6.45, 7) is 1.16. The Morgan fingerprint density at radius 1 is 1.52 bits per heavy atom. The Bertz CT molecular complexity index is 533. The molecule has 1 amide bonds. The van der Waals surface area contributed by atoms with E-state index in [1.807, 2.05) is 0 Å². The number of pyridine rings is 1. The number of hydrogen-bond donors (Lipinski definition) is 2. The van der Waals surface area contributed by atoms with Crippen LogP contribution in [0.2, 0.25) is 0 Å². The van der Waals surface area contributed by atoms with Crippen molar-refractivity contribution in [3.05, 3.63) is 23.4 Å². The summed E-state index contributed by atoms with van der Waals surface area (Å²) in [7, 11) is 1.77. The number of hydrogen-bond acceptors (Lipinski definition) is 4. The molecule has 0 saturated carbocycles. The SMILES string of the molecule is CNCC1CCCN1c1nc(C(F)(F)F)ccc1C(N)=O. The summed E-state index contributed by atoms with van der Waals surface area (Å²) >= 11 is 0. The first-order valence-electron chi connectivity index (χ1n) is 6.64. The summed E-state index contributed by atoms with van der Waals surface area (Å²) in [5, 5.41) is 3.00. The maximum atomic E-state index is 12.8. The van der Waals surface area contributed by atoms with E-state index >= 15 is 0 Å². The van der Waals surface area contributed by atoms with Crippen LogP contribution < -0.4 is 16.0 Å². The highest BCUT2D eigenvalue weighted by Gasteiger charge is 2.35. The standard InChI is InChI=1S/C13H17F3N4O/c1-18-7-8-3-2-6-20(8)12-9(11(17)21)4-5-10(19-12)13(14,15)16/h4-5,8,18H,2-3,6-7H2,1H3,(H2,17,21). The fourth-order valence-corrected chi connectivity index (χ4v) is 2.58. The van der Waals surface area contributed by atoms with Gasteiger partial charge in [0.05, 0.1) is 5.56 Å². The van der Waals surface area contributed by atoms with Crippen LogP contribution in [0.5, 0.6) is 0 Å². The number of nitrogens with zero attached hydrogens (tertiary/aromatic N) is 2. The first kappa shape index (κ1) is 15.6. The molecule has 21 heavy (non-hydrogen) atoms. The van der Waals surface area contributed by atoms with Crippen LogP contribution in [0.25, 0.3) is 0 Å². The lowest BCUT2D eigenvalue weighted by Crippen LogP contribution is -2.38. The zero-order valence-electron chi connectivity index (χ0n) is 11.6. The summed E-state index contributed by atoms with van der Waals surface area (Å²) < 4.78 is 38.5. The van der Waals surface area contributed by atoms with Gasteiger partial charge in [-0.2, -0.15) is 13.2 Å². The number of carbonyl (C=O) groups is 1. The molecule has 1 aromatic heterocycles. The molecular weight excluding hydrogens is 285 g/mol. The molecule has 8 heteroatoms. The third-order valence-corrected chi connectivity index (χ3v) is 3.52. The maximum Gasteiger partial charge on any atom is 0.433 e. The molecule has 1 unspecified atom stereocenters. The highest BCUT2D eigenvalue weighted by Crippen LogP contribution is 2.32. The predicted molar refractivity (Wildman–Crippen MR) is 72.1 cm³/mol. The molecule has 1 atom stereocenters. The minimum atomic E-state index is -4.55. The monoisotopic (exact) mass is 302 g/mol. The first-order chi connectivity index (χ1) is 9.84. The Labute approximate surface area is 120 Å². The van der Waals surface area contributed by atoms with Gasteiger partial charge in [0.15, 0.2) is 0 Å². The van der Waals surface area contributed by atoms with E-state index in [2.05, 4.69) is 10.3 Å². The molecule has 0 aromatic carbocycles. The summed E-state index contributed by atoms with van der Waals surface area (Å²) in [5.74, 6) is -0.753. The lowest BCUT2D eigenvalue weighted by Gasteiger charge is -2.27. The number of aromatic nitrogens is 1. The van der Waals surface area contributed by atoms with Gasteiger partial charge in [-0.25, -0.2) is 4.98 Å². The smallest absolute Gasteiger partial charge is 0.365 e. The molecule has 1 saturated heterocycles. The number of rotatable bonds is 4. The molecule has 1 aliphatic heterocycles. The summed E-state index contributed by atoms with van der Waals surface area (Å²) in [6.07, 6.45) is -2.89. The third-order valence-electron chi connectivity index (χ3n) is 3.52. The van der Waals surface area contributed by atoms with Gasteiger partial charge in [-0.05, 0) is 32.0 Å². The molecule has 0 aliphatic carbocycles. The van der Waals surface area contributed by atoms with Crippen molar-refractivity contribution >= 4 is 11.7 Å². The number of primary amides is 1. The maximum absolute atomic E-state index is 12.8. The molecule has 2 rings (SSSR count). The molecule has 2 heterocycles. The van der Waals surface area contributed by atoms with Gasteiger partial charge in [0.25, 0.3) is 5.91 Å². The fourth-order valence-electron chi connectivity index (χ4n) is 2.58. The molecule has 5 nitrogen and oxygen atoms in total. The van der Waals surface area contributed by atoms with Gasteiger partial charge in [0.2, 0.25) is 0 Å². The number of likely N-dealkylation sites (N-methyl/N-ethyl adjacent to an activating group) is 1. The minimum absolute atomic E-state index is 0.00378. The second kappa shape index (κ2) is 5.88. The summed E-state index contributed by atoms with van der Waals surface area (Å²) in [6, 6.07) is 1.89. The highest BCUT2D eigenvalue weighted by atomic mass is 19.4. The van der Waals surface area contributed by atoms with Crippen molar-refractivity contribution in [1.82, 2.24) is 10.3 Å². The number of halogens is 3. The van der Waals surface area contributed by atoms with Crippen LogP contribution in [-0.2, 0) is 6.18 Å². The van der Waals surface area contributed by atoms with Gasteiger partial charge in [0, 0.05) is 19.1 Å². The van der Waals surface area contributed by atoms with Gasteiger partial charge < -0.3 is 16.0 Å². The molecule has 1 aromatic rings. The van der Waals surface area contributed by atoms with E-state index in [9.17, 15) is 18.0 Å². The van der Waals surface area contributed by atoms with E-state index in [0.29, 0.717) is 13.1 Å². The van der Waals surface area contributed by atoms with Crippen molar-refractivity contribution < 1.29 is 18.0 Å². The lowest BCUT2D eigenvalue weighted by atomic mass is 10.1. The average molecular weight is 302 g/mol. The van der Waals surface area contributed by atoms with Crippen molar-refractivity contribution in [2.45, 2.75) is 25.1 Å². The van der Waals surface area contributed by atoms with Crippen LogP contribution in [0.15, 0.2) is 12.1 Å². The largest absolute Gasteiger partial charge is 0.433 e. The number of nitrogens with two attached hydrogens (primary N) is 1. The zero-order valence-corrected chi connectivity index (χ0v) is 11.6. The van der Waals surface area contributed by atoms with Crippen LogP contribution >= 0.6 is 0 Å². The van der Waals surface area contributed by atoms with Gasteiger partial charge in [-0.3, -0.25) is 4.79 Å². The molecule has 3 N–H and O–H groups in total. The molecule has 1 aliphatic rings. The molecule has 0 spiro atoms. The second-order valence-corrected chi connectivity index (χ2v) is 4.98. The highest BCUT2D eigenvalue weighted by molar-refractivity contribution is 5.97. The van der Waals surface area contributed by atoms with Crippen LogP contribution in [0.1, 0.15) is 28.9 Å². The van der Waals surface area contributed by atoms with Gasteiger partial charge in [-0.1, -0.05) is 0 Å². The van der Waals surface area contributed by atoms with E-state index in [-0.39, 0.29) is 17.4 Å². The van der Waals surface area contributed by atoms with Crippen molar-refractivity contribution in [3.63, 3.8) is 0 Å². The van der Waals surface area contributed by atoms with Crippen molar-refractivity contribution in [3.8, 4) is 0 Å². The lowest BCUT2D eigenvalue weighted by molar-refractivity contribution is -0.141. The van der Waals surface area contributed by atoms with Gasteiger partial charge >= 0.3 is 6.18 Å². The van der Waals surface area contributed by atoms with E-state index in [4.69, 9.17) is 5.73 Å². The van der Waals surface area contributed by atoms with Gasteiger partial charge in [-0.15, -0.1) is 0 Å². The number of anilines is 1. The van der Waals surface area contributed by atoms with Crippen molar-refractivity contribution in [1.29, 1.82) is 0 Å². The van der Waals surface area contributed by atoms with Crippen molar-refractivity contribution in [2.24, 2.45) is 5.73 Å². The van der Waals surface area contributed by atoms with E-state index < -0.39 is 17.8 Å². The topological polar surface area (TPSA) is 71.2 Å². The number of carbonyl (C=O) groups excluding carboxylic acids is 1. The Morgan fingerprint density at radius 2 is 2.24 bits per heavy atom. The van der Waals surface area contributed by atoms with Crippen LogP contribution in [0.4, 0.5) is 19.0 Å². The quantitative estimate of drug-likeness (QED) is 0.881. The first-order valence-corrected chi connectivity index (χ1v) is 6.64. The van der Waals surface area contributed by atoms with Crippen LogP contribution in [-0.4, -0.2) is 37.1 Å². The number of amides is 1. The zero-order chi connectivity index (χ0) is 15.6. The Hall–Kier alpha value is -1.83. The molecule has 0 bridgehead atoms. The normalized spacial score (nSPS) is 19.0. The van der Waals surface area contributed by atoms with Crippen molar-refractivity contribution in [2.75, 3.05) is 25.0 Å². The molecule has 1 fully saturated rings. The van der Waals surface area contributed by atoms with E-state index in [1.54, 1.807) is 11.9 Å². The average Bonchev–Trinajstić information content (AvgIpc) is 2.85. The Morgan fingerprint density at radius 3 is 2.81 bits per heavy atom. The molecule has 0 radical (unpaired) electrons. The molecular formula is C13H17F3N4O. The third kappa shape index (κ3) is 3.26. The predicted octanol–water partition coefficient (Wildman–Crippen LogP) is 1.39. The fraction of sp³-hybridized carbons (Fsp3) is 0.538. The van der Waals surface area contributed by atoms with Gasteiger partial charge in [0.1, 0.15) is 11.5 Å². The summed E-state index contributed by atoms with van der Waals surface area (Å²) in [5.41, 5.74) is 4.26. The number of alkyl halides is 3. The van der Waals surface area contributed by atoms with Crippen LogP contribution in [0, 0.1) is 0 Å². The van der Waals surface area contributed by atoms with E-state index in [1.165, 1.54) is 0 Å². The summed E-state index contributed by atoms with van der Waals surface area (Å²) in [4.78, 5) is 16.8. The second-order valence-electron chi connectivity index (χ2n) is 4.98. The number of nitrogens with one attached hydrogen (secondary N) is 1. The van der Waals surface area contributed by atoms with E-state index in [0.717, 1.165) is 25.0 Å². The molecule has 116 valence electrons. The minimum Gasteiger partial charge on any atom is -0.365 e. The Balaban J connectivity index is 2.46. The van der Waals surface area contributed by atoms with Crippen LogP contribution in [0.3, 0.4) is 0 Å². The Kier molecular flexibility index (Phi) is 4.36.